The molecule has 118 valence electrons. The number of hydrogen-bond donors (Lipinski definition) is 2. The fourth-order valence-electron chi connectivity index (χ4n) is 2.35. The summed E-state index contributed by atoms with van der Waals surface area (Å²) in [5.74, 6) is 1.76. The summed E-state index contributed by atoms with van der Waals surface area (Å²) in [5, 5.41) is 6.16. The molecule has 0 aromatic rings. The van der Waals surface area contributed by atoms with Gasteiger partial charge < -0.3 is 15.5 Å². The van der Waals surface area contributed by atoms with Gasteiger partial charge >= 0.3 is 0 Å². The van der Waals surface area contributed by atoms with E-state index in [1.54, 1.807) is 7.05 Å². The van der Waals surface area contributed by atoms with Crippen molar-refractivity contribution in [1.82, 2.24) is 15.5 Å². The van der Waals surface area contributed by atoms with Gasteiger partial charge in [-0.1, -0.05) is 13.8 Å². The standard InChI is InChI=1S/C14H28N4O.HI/c1-4-8-16-13(19)7-9-17-14(15-3)18-10-5-6-12(2)11-18;/h12H,4-11H2,1-3H3,(H,15,17)(H,16,19);1H. The number of halogens is 1. The van der Waals surface area contributed by atoms with Crippen molar-refractivity contribution in [3.63, 3.8) is 0 Å². The molecule has 1 unspecified atom stereocenters. The highest BCUT2D eigenvalue weighted by Crippen LogP contribution is 2.15. The smallest absolute Gasteiger partial charge is 0.221 e. The van der Waals surface area contributed by atoms with Crippen molar-refractivity contribution in [3.8, 4) is 0 Å². The van der Waals surface area contributed by atoms with Crippen molar-refractivity contribution < 1.29 is 4.79 Å². The monoisotopic (exact) mass is 396 g/mol. The van der Waals surface area contributed by atoms with Gasteiger partial charge in [0.15, 0.2) is 5.96 Å². The molecule has 5 nitrogen and oxygen atoms in total. The predicted molar refractivity (Wildman–Crippen MR) is 94.7 cm³/mol. The van der Waals surface area contributed by atoms with Gasteiger partial charge in [-0.3, -0.25) is 9.79 Å². The average molecular weight is 396 g/mol. The van der Waals surface area contributed by atoms with Crippen LogP contribution in [0, 0.1) is 5.92 Å². The van der Waals surface area contributed by atoms with Crippen LogP contribution in [0.2, 0.25) is 0 Å². The Morgan fingerprint density at radius 3 is 2.70 bits per heavy atom. The summed E-state index contributed by atoms with van der Waals surface area (Å²) < 4.78 is 0. The van der Waals surface area contributed by atoms with Gasteiger partial charge in [0.05, 0.1) is 0 Å². The molecule has 0 aromatic carbocycles. The van der Waals surface area contributed by atoms with E-state index in [4.69, 9.17) is 0 Å². The number of likely N-dealkylation sites (tertiary alicyclic amines) is 1. The zero-order valence-electron chi connectivity index (χ0n) is 12.9. The van der Waals surface area contributed by atoms with Gasteiger partial charge in [0, 0.05) is 39.6 Å². The van der Waals surface area contributed by atoms with Crippen molar-refractivity contribution in [2.75, 3.05) is 33.2 Å². The highest BCUT2D eigenvalue weighted by Gasteiger charge is 2.18. The van der Waals surface area contributed by atoms with Crippen LogP contribution in [0.25, 0.3) is 0 Å². The molecule has 1 amide bonds. The lowest BCUT2D eigenvalue weighted by molar-refractivity contribution is -0.120. The Hall–Kier alpha value is -0.530. The molecule has 0 spiro atoms. The maximum atomic E-state index is 11.5. The highest BCUT2D eigenvalue weighted by atomic mass is 127. The van der Waals surface area contributed by atoms with Crippen LogP contribution in [0.3, 0.4) is 0 Å². The lowest BCUT2D eigenvalue weighted by Crippen LogP contribution is -2.46. The quantitative estimate of drug-likeness (QED) is 0.424. The van der Waals surface area contributed by atoms with Gasteiger partial charge in [0.1, 0.15) is 0 Å². The Morgan fingerprint density at radius 2 is 2.10 bits per heavy atom. The molecule has 1 saturated heterocycles. The molecule has 0 aromatic heterocycles. The van der Waals surface area contributed by atoms with E-state index >= 15 is 0 Å². The van der Waals surface area contributed by atoms with Gasteiger partial charge in [0.25, 0.3) is 0 Å². The summed E-state index contributed by atoms with van der Waals surface area (Å²) >= 11 is 0. The molecule has 2 N–H and O–H groups in total. The van der Waals surface area contributed by atoms with Gasteiger partial charge in [-0.15, -0.1) is 24.0 Å². The first-order chi connectivity index (χ1) is 9.17. The van der Waals surface area contributed by atoms with Gasteiger partial charge in [-0.2, -0.15) is 0 Å². The number of amides is 1. The zero-order valence-corrected chi connectivity index (χ0v) is 15.3. The summed E-state index contributed by atoms with van der Waals surface area (Å²) in [5.41, 5.74) is 0. The molecule has 0 bridgehead atoms. The lowest BCUT2D eigenvalue weighted by Gasteiger charge is -2.33. The van der Waals surface area contributed by atoms with Crippen LogP contribution in [-0.2, 0) is 4.79 Å². The molecule has 1 rings (SSSR count). The second-order valence-electron chi connectivity index (χ2n) is 5.27. The summed E-state index contributed by atoms with van der Waals surface area (Å²) in [6.07, 6.45) is 4.00. The number of guanidine groups is 1. The minimum atomic E-state index is 0. The molecule has 0 radical (unpaired) electrons. The summed E-state index contributed by atoms with van der Waals surface area (Å²) in [6.45, 7) is 7.85. The number of hydrogen-bond acceptors (Lipinski definition) is 2. The van der Waals surface area contributed by atoms with Crippen LogP contribution in [0.4, 0.5) is 0 Å². The SMILES string of the molecule is CCCNC(=O)CCNC(=NC)N1CCCC(C)C1.I. The molecule has 0 saturated carbocycles. The third-order valence-corrected chi connectivity index (χ3v) is 3.38. The second kappa shape index (κ2) is 11.2. The number of nitrogens with zero attached hydrogens (tertiary/aromatic N) is 2. The first-order valence-corrected chi connectivity index (χ1v) is 7.39. The van der Waals surface area contributed by atoms with Crippen LogP contribution in [0.15, 0.2) is 4.99 Å². The predicted octanol–water partition coefficient (Wildman–Crippen LogP) is 1.83. The van der Waals surface area contributed by atoms with Crippen molar-refractivity contribution in [3.05, 3.63) is 0 Å². The van der Waals surface area contributed by atoms with Crippen LogP contribution < -0.4 is 10.6 Å². The van der Waals surface area contributed by atoms with Crippen LogP contribution in [0.5, 0.6) is 0 Å². The number of piperidine rings is 1. The van der Waals surface area contributed by atoms with E-state index < -0.39 is 0 Å². The molecule has 1 aliphatic rings. The molecular formula is C14H29IN4O. The van der Waals surface area contributed by atoms with Crippen molar-refractivity contribution in [2.45, 2.75) is 39.5 Å². The molecule has 0 aliphatic carbocycles. The summed E-state index contributed by atoms with van der Waals surface area (Å²) in [6, 6.07) is 0. The largest absolute Gasteiger partial charge is 0.356 e. The van der Waals surface area contributed by atoms with Gasteiger partial charge in [0.2, 0.25) is 5.91 Å². The molecule has 1 fully saturated rings. The van der Waals surface area contributed by atoms with Crippen molar-refractivity contribution in [2.24, 2.45) is 10.9 Å². The topological polar surface area (TPSA) is 56.7 Å². The number of aliphatic imine (C=N–C) groups is 1. The first kappa shape index (κ1) is 19.5. The maximum Gasteiger partial charge on any atom is 0.221 e. The number of rotatable bonds is 5. The summed E-state index contributed by atoms with van der Waals surface area (Å²) in [7, 11) is 1.80. The molecule has 1 atom stereocenters. The van der Waals surface area contributed by atoms with Crippen LogP contribution >= 0.6 is 24.0 Å². The Balaban J connectivity index is 0.00000361. The Kier molecular flexibility index (Phi) is 10.9. The van der Waals surface area contributed by atoms with Crippen LogP contribution in [-0.4, -0.2) is 50.0 Å². The fourth-order valence-corrected chi connectivity index (χ4v) is 2.35. The van der Waals surface area contributed by atoms with Crippen molar-refractivity contribution in [1.29, 1.82) is 0 Å². The fraction of sp³-hybridized carbons (Fsp3) is 0.857. The third-order valence-electron chi connectivity index (χ3n) is 3.38. The van der Waals surface area contributed by atoms with E-state index in [0.717, 1.165) is 37.9 Å². The summed E-state index contributed by atoms with van der Waals surface area (Å²) in [4.78, 5) is 18.1. The molecule has 1 heterocycles. The van der Waals surface area contributed by atoms with Gasteiger partial charge in [-0.25, -0.2) is 0 Å². The Morgan fingerprint density at radius 1 is 1.35 bits per heavy atom. The lowest BCUT2D eigenvalue weighted by atomic mass is 10.0. The number of carbonyl (C=O) groups excluding carboxylic acids is 1. The highest BCUT2D eigenvalue weighted by molar-refractivity contribution is 14.0. The van der Waals surface area contributed by atoms with E-state index in [0.29, 0.717) is 13.0 Å². The maximum absolute atomic E-state index is 11.5. The molecule has 1 aliphatic heterocycles. The number of nitrogens with one attached hydrogen (secondary N) is 2. The van der Waals surface area contributed by atoms with E-state index in [2.05, 4.69) is 34.4 Å². The zero-order chi connectivity index (χ0) is 14.1. The van der Waals surface area contributed by atoms with Crippen molar-refractivity contribution >= 4 is 35.8 Å². The van der Waals surface area contributed by atoms with E-state index in [1.807, 2.05) is 0 Å². The van der Waals surface area contributed by atoms with Crippen LogP contribution in [0.1, 0.15) is 39.5 Å². The molecule has 6 heteroatoms. The van der Waals surface area contributed by atoms with Gasteiger partial charge in [-0.05, 0) is 25.2 Å². The second-order valence-corrected chi connectivity index (χ2v) is 5.27. The Labute approximate surface area is 140 Å². The molecule has 20 heavy (non-hydrogen) atoms. The number of carbonyl (C=O) groups is 1. The molecular weight excluding hydrogens is 367 g/mol. The first-order valence-electron chi connectivity index (χ1n) is 7.39. The third kappa shape index (κ3) is 7.31. The minimum Gasteiger partial charge on any atom is -0.356 e. The normalized spacial score (nSPS) is 19.2. The van der Waals surface area contributed by atoms with E-state index in [9.17, 15) is 4.79 Å². The van der Waals surface area contributed by atoms with E-state index in [1.165, 1.54) is 12.8 Å². The Bertz CT molecular complexity index is 310. The minimum absolute atomic E-state index is 0. The average Bonchev–Trinajstić information content (AvgIpc) is 2.41. The van der Waals surface area contributed by atoms with E-state index in [-0.39, 0.29) is 29.9 Å².